The zero-order chi connectivity index (χ0) is 12.8. The molecule has 0 atom stereocenters. The number of ketones is 1. The maximum Gasteiger partial charge on any atom is 0.324 e. The van der Waals surface area contributed by atoms with E-state index in [1.165, 1.54) is 27.1 Å². The number of carbonyl (C=O) groups excluding carboxylic acids is 1. The third kappa shape index (κ3) is 1.58. The van der Waals surface area contributed by atoms with Crippen LogP contribution in [0, 0.1) is 0 Å². The monoisotopic (exact) mass is 247 g/mol. The minimum atomic E-state index is 0.558. The first-order chi connectivity index (χ1) is 9.33. The van der Waals surface area contributed by atoms with Gasteiger partial charge in [-0.1, -0.05) is 36.4 Å². The summed E-state index contributed by atoms with van der Waals surface area (Å²) < 4.78 is 0. The quantitative estimate of drug-likeness (QED) is 0.419. The lowest BCUT2D eigenvalue weighted by molar-refractivity contribution is 0.643. The predicted octanol–water partition coefficient (Wildman–Crippen LogP) is 4.22. The molecule has 0 fully saturated rings. The molecule has 19 heavy (non-hydrogen) atoms. The van der Waals surface area contributed by atoms with Crippen molar-refractivity contribution in [3.8, 4) is 0 Å². The van der Waals surface area contributed by atoms with Crippen molar-refractivity contribution >= 4 is 27.3 Å². The average molecular weight is 247 g/mol. The second-order valence-corrected chi connectivity index (χ2v) is 5.32. The summed E-state index contributed by atoms with van der Waals surface area (Å²) in [5.74, 6) is 0.558. The molecule has 0 unspecified atom stereocenters. The molecule has 1 N–H and O–H groups in total. The lowest BCUT2D eigenvalue weighted by atomic mass is 9.86. The van der Waals surface area contributed by atoms with Gasteiger partial charge in [-0.05, 0) is 52.1 Å². The van der Waals surface area contributed by atoms with E-state index >= 15 is 0 Å². The number of benzene rings is 3. The molecule has 0 aromatic heterocycles. The normalized spacial score (nSPS) is 14.8. The van der Waals surface area contributed by atoms with Crippen molar-refractivity contribution in [2.75, 3.05) is 0 Å². The van der Waals surface area contributed by atoms with Crippen molar-refractivity contribution < 1.29 is 4.79 Å². The van der Waals surface area contributed by atoms with Gasteiger partial charge in [0.1, 0.15) is 0 Å². The van der Waals surface area contributed by atoms with Crippen LogP contribution < -0.4 is 0 Å². The van der Waals surface area contributed by atoms with Crippen LogP contribution in [0.4, 0.5) is 0 Å². The zero-order valence-corrected chi connectivity index (χ0v) is 10.7. The van der Waals surface area contributed by atoms with Crippen molar-refractivity contribution in [3.63, 3.8) is 0 Å². The highest BCUT2D eigenvalue weighted by atomic mass is 16.1. The van der Waals surface area contributed by atoms with Gasteiger partial charge in [-0.15, -0.1) is 0 Å². The van der Waals surface area contributed by atoms with Crippen molar-refractivity contribution in [1.29, 1.82) is 0 Å². The Hall–Kier alpha value is -2.15. The molecule has 0 aliphatic heterocycles. The molecule has 1 aliphatic rings. The summed E-state index contributed by atoms with van der Waals surface area (Å²) in [6, 6.07) is 17.2. The minimum absolute atomic E-state index is 0.558. The molecule has 92 valence electrons. The summed E-state index contributed by atoms with van der Waals surface area (Å²) in [5.41, 5.74) is 2.36. The van der Waals surface area contributed by atoms with Gasteiger partial charge in [-0.2, -0.15) is 0 Å². The largest absolute Gasteiger partial charge is 0.324 e. The molecule has 0 heterocycles. The third-order valence-electron chi connectivity index (χ3n) is 4.12. The number of hydrogen-bond donors (Lipinski definition) is 0. The van der Waals surface area contributed by atoms with Crippen LogP contribution in [-0.4, -0.2) is 10.6 Å². The Kier molecular flexibility index (Phi) is 2.22. The van der Waals surface area contributed by atoms with Crippen molar-refractivity contribution in [2.45, 2.75) is 19.3 Å². The van der Waals surface area contributed by atoms with E-state index in [-0.39, 0.29) is 0 Å². The highest BCUT2D eigenvalue weighted by Gasteiger charge is 2.24. The van der Waals surface area contributed by atoms with E-state index in [2.05, 4.69) is 48.5 Å². The van der Waals surface area contributed by atoms with Gasteiger partial charge in [-0.25, -0.2) is 0 Å². The summed E-state index contributed by atoms with van der Waals surface area (Å²) in [6.07, 6.45) is 2.93. The molecule has 0 spiro atoms. The standard InChI is InChI=1S/C18H14O/c19-17-7-3-6-12-8-9-15-10-13-4-1-2-5-14(13)11-16(15)18(12)17/h1-2,4-5,8-11H,3,6-7H2/p+1. The van der Waals surface area contributed by atoms with Crippen molar-refractivity contribution in [2.24, 2.45) is 0 Å². The number of fused-ring (bicyclic) bond motifs is 4. The first-order valence-electron chi connectivity index (χ1n) is 6.82. The van der Waals surface area contributed by atoms with Crippen LogP contribution in [0.5, 0.6) is 0 Å². The van der Waals surface area contributed by atoms with Crippen molar-refractivity contribution in [1.82, 2.24) is 0 Å². The predicted molar refractivity (Wildman–Crippen MR) is 80.4 cm³/mol. The van der Waals surface area contributed by atoms with E-state index in [1.807, 2.05) is 0 Å². The number of hydrogen-bond acceptors (Lipinski definition) is 0. The Balaban J connectivity index is 2.15. The van der Waals surface area contributed by atoms with Crippen LogP contribution in [0.1, 0.15) is 24.0 Å². The molecule has 0 radical (unpaired) electrons. The third-order valence-corrected chi connectivity index (χ3v) is 4.12. The maximum atomic E-state index is 10.2. The molecule has 4 rings (SSSR count). The Morgan fingerprint density at radius 2 is 1.58 bits per heavy atom. The van der Waals surface area contributed by atoms with Crippen LogP contribution in [0.2, 0.25) is 0 Å². The Bertz CT molecular complexity index is 814. The van der Waals surface area contributed by atoms with Gasteiger partial charge in [0.25, 0.3) is 0 Å². The lowest BCUT2D eigenvalue weighted by Gasteiger charge is -2.14. The molecular weight excluding hydrogens is 232 g/mol. The fourth-order valence-corrected chi connectivity index (χ4v) is 3.18. The van der Waals surface area contributed by atoms with Gasteiger partial charge in [0.2, 0.25) is 0 Å². The average Bonchev–Trinajstić information content (AvgIpc) is 2.45. The lowest BCUT2D eigenvalue weighted by Crippen LogP contribution is -2.12. The smallest absolute Gasteiger partial charge is 0.278 e. The van der Waals surface area contributed by atoms with Crippen LogP contribution in [0.15, 0.2) is 48.5 Å². The van der Waals surface area contributed by atoms with E-state index in [1.54, 1.807) is 0 Å². The van der Waals surface area contributed by atoms with Crippen LogP contribution in [0.25, 0.3) is 21.5 Å². The molecule has 3 aromatic rings. The van der Waals surface area contributed by atoms with Crippen LogP contribution >= 0.6 is 0 Å². The molecule has 3 aromatic carbocycles. The SMILES string of the molecule is [OH+]=C1CCCc2ccc3cc4ccccc4cc3c21. The summed E-state index contributed by atoms with van der Waals surface area (Å²) in [6.45, 7) is 0. The van der Waals surface area contributed by atoms with E-state index in [0.717, 1.165) is 24.8 Å². The summed E-state index contributed by atoms with van der Waals surface area (Å²) in [7, 11) is 0. The molecule has 1 heteroatoms. The zero-order valence-electron chi connectivity index (χ0n) is 10.7. The highest BCUT2D eigenvalue weighted by molar-refractivity contribution is 6.13. The van der Waals surface area contributed by atoms with Gasteiger partial charge in [-0.3, -0.25) is 4.79 Å². The second-order valence-electron chi connectivity index (χ2n) is 5.32. The molecule has 0 saturated carbocycles. The van der Waals surface area contributed by atoms with E-state index in [4.69, 9.17) is 0 Å². The minimum Gasteiger partial charge on any atom is -0.278 e. The van der Waals surface area contributed by atoms with E-state index in [9.17, 15) is 4.79 Å². The van der Waals surface area contributed by atoms with E-state index < -0.39 is 0 Å². The van der Waals surface area contributed by atoms with Gasteiger partial charge in [0.15, 0.2) is 0 Å². The Morgan fingerprint density at radius 3 is 2.42 bits per heavy atom. The van der Waals surface area contributed by atoms with Gasteiger partial charge < -0.3 is 0 Å². The Morgan fingerprint density at radius 1 is 0.789 bits per heavy atom. The molecule has 0 saturated heterocycles. The summed E-state index contributed by atoms with van der Waals surface area (Å²) in [4.78, 5) is 10.2. The number of aryl methyl sites for hydroxylation is 1. The first-order valence-corrected chi connectivity index (χ1v) is 6.82. The molecular formula is C18H15O+. The molecule has 0 bridgehead atoms. The van der Waals surface area contributed by atoms with Gasteiger partial charge in [0, 0.05) is 0 Å². The van der Waals surface area contributed by atoms with Gasteiger partial charge in [0.05, 0.1) is 12.0 Å². The molecule has 0 amide bonds. The second kappa shape index (κ2) is 3.92. The van der Waals surface area contributed by atoms with Crippen molar-refractivity contribution in [3.05, 3.63) is 59.7 Å². The summed E-state index contributed by atoms with van der Waals surface area (Å²) in [5, 5.41) is 4.89. The summed E-state index contributed by atoms with van der Waals surface area (Å²) >= 11 is 0. The van der Waals surface area contributed by atoms with Crippen LogP contribution in [0.3, 0.4) is 0 Å². The fraction of sp³-hybridized carbons (Fsp3) is 0.167. The highest BCUT2D eigenvalue weighted by Crippen LogP contribution is 2.31. The van der Waals surface area contributed by atoms with Crippen LogP contribution in [-0.2, 0) is 6.42 Å². The fourth-order valence-electron chi connectivity index (χ4n) is 3.18. The maximum absolute atomic E-state index is 10.2. The van der Waals surface area contributed by atoms with E-state index in [0.29, 0.717) is 5.78 Å². The number of rotatable bonds is 0. The first kappa shape index (κ1) is 10.7. The van der Waals surface area contributed by atoms with Gasteiger partial charge >= 0.3 is 5.78 Å². The molecule has 1 nitrogen and oxygen atoms in total. The Labute approximate surface area is 111 Å². The molecule has 1 aliphatic carbocycles. The topological polar surface area (TPSA) is 21.4 Å².